The van der Waals surface area contributed by atoms with E-state index in [9.17, 15) is 9.59 Å². The number of amides is 1. The Balaban J connectivity index is 1.51. The van der Waals surface area contributed by atoms with Crippen LogP contribution in [0, 0.1) is 0 Å². The Labute approximate surface area is 176 Å². The zero-order valence-electron chi connectivity index (χ0n) is 16.3. The first-order valence-corrected chi connectivity index (χ1v) is 10.1. The van der Waals surface area contributed by atoms with Gasteiger partial charge in [-0.1, -0.05) is 24.3 Å². The molecule has 30 heavy (non-hydrogen) atoms. The van der Waals surface area contributed by atoms with Crippen molar-refractivity contribution in [2.24, 2.45) is 0 Å². The van der Waals surface area contributed by atoms with Gasteiger partial charge in [-0.05, 0) is 31.2 Å². The summed E-state index contributed by atoms with van der Waals surface area (Å²) in [4.78, 5) is 28.6. The summed E-state index contributed by atoms with van der Waals surface area (Å²) in [5.74, 6) is -0.0148. The topological polar surface area (TPSA) is 90.7 Å². The maximum absolute atomic E-state index is 12.6. The number of carbonyl (C=O) groups excluding carboxylic acids is 2. The minimum atomic E-state index is -0.397. The number of para-hydroxylation sites is 1. The number of esters is 1. The monoisotopic (exact) mass is 422 g/mol. The predicted octanol–water partition coefficient (Wildman–Crippen LogP) is 4.99. The number of fused-ring (bicyclic) bond motifs is 1. The standard InChI is InChI=1S/C22H18N2O5S/c1-3-28-17-6-4-5-15-11-18(29-19(15)17)20(25)24-22-23-16(12-30-22)13-7-9-14(10-8-13)21(26)27-2/h4-12H,3H2,1-2H3,(H,23,24,25). The van der Waals surface area contributed by atoms with Crippen LogP contribution in [0.15, 0.2) is 58.3 Å². The van der Waals surface area contributed by atoms with E-state index in [1.807, 2.05) is 24.4 Å². The van der Waals surface area contributed by atoms with Crippen LogP contribution in [0.4, 0.5) is 5.13 Å². The second-order valence-corrected chi connectivity index (χ2v) is 7.14. The number of thiazole rings is 1. The first-order valence-electron chi connectivity index (χ1n) is 9.20. The van der Waals surface area contributed by atoms with Crippen LogP contribution >= 0.6 is 11.3 Å². The molecule has 0 aliphatic heterocycles. The fraction of sp³-hybridized carbons (Fsp3) is 0.136. The number of rotatable bonds is 6. The van der Waals surface area contributed by atoms with E-state index in [2.05, 4.69) is 10.3 Å². The molecule has 0 fully saturated rings. The summed E-state index contributed by atoms with van der Waals surface area (Å²) in [5, 5.41) is 5.82. The number of nitrogens with one attached hydrogen (secondary N) is 1. The molecule has 0 atom stereocenters. The van der Waals surface area contributed by atoms with Crippen molar-refractivity contribution in [2.75, 3.05) is 19.0 Å². The van der Waals surface area contributed by atoms with Gasteiger partial charge in [0.15, 0.2) is 22.2 Å². The molecule has 0 spiro atoms. The smallest absolute Gasteiger partial charge is 0.337 e. The lowest BCUT2D eigenvalue weighted by molar-refractivity contribution is 0.0600. The Morgan fingerprint density at radius 1 is 1.17 bits per heavy atom. The van der Waals surface area contributed by atoms with Gasteiger partial charge in [0.05, 0.1) is 25.0 Å². The molecule has 0 unspecified atom stereocenters. The zero-order valence-corrected chi connectivity index (χ0v) is 17.1. The van der Waals surface area contributed by atoms with Crippen molar-refractivity contribution in [3.05, 3.63) is 65.2 Å². The van der Waals surface area contributed by atoms with Gasteiger partial charge in [-0.2, -0.15) is 0 Å². The lowest BCUT2D eigenvalue weighted by Crippen LogP contribution is -2.10. The van der Waals surface area contributed by atoms with E-state index in [-0.39, 0.29) is 5.76 Å². The average molecular weight is 422 g/mol. The van der Waals surface area contributed by atoms with E-state index in [4.69, 9.17) is 13.9 Å². The maximum atomic E-state index is 12.6. The molecule has 0 aliphatic rings. The van der Waals surface area contributed by atoms with Gasteiger partial charge in [-0.25, -0.2) is 9.78 Å². The Morgan fingerprint density at radius 2 is 1.97 bits per heavy atom. The highest BCUT2D eigenvalue weighted by Crippen LogP contribution is 2.30. The number of carbonyl (C=O) groups is 2. The number of ether oxygens (including phenoxy) is 2. The fourth-order valence-corrected chi connectivity index (χ4v) is 3.65. The summed E-state index contributed by atoms with van der Waals surface area (Å²) in [6, 6.07) is 14.1. The van der Waals surface area contributed by atoms with Gasteiger partial charge in [0, 0.05) is 16.3 Å². The SMILES string of the molecule is CCOc1cccc2cc(C(=O)Nc3nc(-c4ccc(C(=O)OC)cc4)cs3)oc12. The molecule has 1 amide bonds. The van der Waals surface area contributed by atoms with Gasteiger partial charge in [0.1, 0.15) is 0 Å². The lowest BCUT2D eigenvalue weighted by Gasteiger charge is -2.02. The Hall–Kier alpha value is -3.65. The summed E-state index contributed by atoms with van der Waals surface area (Å²) in [5.41, 5.74) is 2.51. The molecular weight excluding hydrogens is 404 g/mol. The molecule has 2 aromatic carbocycles. The number of nitrogens with zero attached hydrogens (tertiary/aromatic N) is 1. The summed E-state index contributed by atoms with van der Waals surface area (Å²) in [7, 11) is 1.34. The van der Waals surface area contributed by atoms with E-state index < -0.39 is 11.9 Å². The minimum Gasteiger partial charge on any atom is -0.490 e. The molecule has 4 rings (SSSR count). The van der Waals surface area contributed by atoms with Crippen molar-refractivity contribution in [1.29, 1.82) is 0 Å². The molecular formula is C22H18N2O5S. The molecule has 0 saturated carbocycles. The van der Waals surface area contributed by atoms with E-state index in [0.29, 0.717) is 34.3 Å². The molecule has 8 heteroatoms. The third-order valence-corrected chi connectivity index (χ3v) is 5.12. The number of benzene rings is 2. The van der Waals surface area contributed by atoms with Crippen molar-refractivity contribution in [3.63, 3.8) is 0 Å². The van der Waals surface area contributed by atoms with Crippen molar-refractivity contribution >= 4 is 39.3 Å². The van der Waals surface area contributed by atoms with Crippen LogP contribution in [-0.2, 0) is 4.74 Å². The van der Waals surface area contributed by atoms with Crippen molar-refractivity contribution in [1.82, 2.24) is 4.98 Å². The summed E-state index contributed by atoms with van der Waals surface area (Å²) < 4.78 is 16.0. The zero-order chi connectivity index (χ0) is 21.1. The highest BCUT2D eigenvalue weighted by atomic mass is 32.1. The van der Waals surface area contributed by atoms with E-state index in [1.54, 1.807) is 36.4 Å². The Bertz CT molecular complexity index is 1210. The third-order valence-electron chi connectivity index (χ3n) is 4.36. The van der Waals surface area contributed by atoms with Crippen molar-refractivity contribution in [3.8, 4) is 17.0 Å². The largest absolute Gasteiger partial charge is 0.490 e. The van der Waals surface area contributed by atoms with E-state index in [1.165, 1.54) is 18.4 Å². The molecule has 4 aromatic rings. The number of anilines is 1. The maximum Gasteiger partial charge on any atom is 0.337 e. The minimum absolute atomic E-state index is 0.177. The highest BCUT2D eigenvalue weighted by molar-refractivity contribution is 7.14. The molecule has 2 heterocycles. The normalized spacial score (nSPS) is 10.7. The number of aromatic nitrogens is 1. The summed E-state index contributed by atoms with van der Waals surface area (Å²) >= 11 is 1.30. The summed E-state index contributed by atoms with van der Waals surface area (Å²) in [6.07, 6.45) is 0. The van der Waals surface area contributed by atoms with Crippen molar-refractivity contribution in [2.45, 2.75) is 6.92 Å². The fourth-order valence-electron chi connectivity index (χ4n) is 2.93. The van der Waals surface area contributed by atoms with E-state index in [0.717, 1.165) is 10.9 Å². The van der Waals surface area contributed by atoms with Gasteiger partial charge >= 0.3 is 5.97 Å². The summed E-state index contributed by atoms with van der Waals surface area (Å²) in [6.45, 7) is 2.39. The molecule has 0 bridgehead atoms. The molecule has 0 saturated heterocycles. The molecule has 0 radical (unpaired) electrons. The van der Waals surface area contributed by atoms with Gasteiger partial charge in [0.2, 0.25) is 0 Å². The second kappa shape index (κ2) is 8.38. The van der Waals surface area contributed by atoms with Gasteiger partial charge in [-0.15, -0.1) is 11.3 Å². The van der Waals surface area contributed by atoms with Crippen LogP contribution in [0.2, 0.25) is 0 Å². The molecule has 2 aromatic heterocycles. The highest BCUT2D eigenvalue weighted by Gasteiger charge is 2.17. The third kappa shape index (κ3) is 3.90. The number of hydrogen-bond acceptors (Lipinski definition) is 7. The van der Waals surface area contributed by atoms with Crippen molar-refractivity contribution < 1.29 is 23.5 Å². The quantitative estimate of drug-likeness (QED) is 0.440. The van der Waals surface area contributed by atoms with Crippen LogP contribution in [0.25, 0.3) is 22.2 Å². The van der Waals surface area contributed by atoms with Crippen LogP contribution < -0.4 is 10.1 Å². The molecule has 0 aliphatic carbocycles. The van der Waals surface area contributed by atoms with Gasteiger partial charge in [0.25, 0.3) is 5.91 Å². The van der Waals surface area contributed by atoms with Gasteiger partial charge in [-0.3, -0.25) is 10.1 Å². The number of hydrogen-bond donors (Lipinski definition) is 1. The average Bonchev–Trinajstić information content (AvgIpc) is 3.41. The first-order chi connectivity index (χ1) is 14.6. The van der Waals surface area contributed by atoms with Gasteiger partial charge < -0.3 is 13.9 Å². The Kier molecular flexibility index (Phi) is 5.49. The molecule has 1 N–H and O–H groups in total. The number of furan rings is 1. The molecule has 152 valence electrons. The predicted molar refractivity (Wildman–Crippen MR) is 114 cm³/mol. The second-order valence-electron chi connectivity index (χ2n) is 6.28. The van der Waals surface area contributed by atoms with Crippen LogP contribution in [0.3, 0.4) is 0 Å². The van der Waals surface area contributed by atoms with Crippen LogP contribution in [-0.4, -0.2) is 30.6 Å². The van der Waals surface area contributed by atoms with E-state index >= 15 is 0 Å². The van der Waals surface area contributed by atoms with Crippen LogP contribution in [0.5, 0.6) is 5.75 Å². The molecule has 7 nitrogen and oxygen atoms in total. The number of methoxy groups -OCH3 is 1. The van der Waals surface area contributed by atoms with Crippen LogP contribution in [0.1, 0.15) is 27.8 Å². The Morgan fingerprint density at radius 3 is 2.70 bits per heavy atom. The lowest BCUT2D eigenvalue weighted by atomic mass is 10.1. The first kappa shape index (κ1) is 19.7.